The van der Waals surface area contributed by atoms with Crippen LogP contribution in [0, 0.1) is 0 Å². The molecule has 1 atom stereocenters. The van der Waals surface area contributed by atoms with E-state index >= 15 is 0 Å². The van der Waals surface area contributed by atoms with Crippen LogP contribution in [0.3, 0.4) is 0 Å². The second-order valence-corrected chi connectivity index (χ2v) is 5.95. The Bertz CT molecular complexity index is 412. The summed E-state index contributed by atoms with van der Waals surface area (Å²) in [5.74, 6) is 3.27. The lowest BCUT2D eigenvalue weighted by molar-refractivity contribution is 0.685. The third-order valence-corrected chi connectivity index (χ3v) is 3.42. The molecule has 19 heavy (non-hydrogen) atoms. The van der Waals surface area contributed by atoms with Crippen LogP contribution in [0.1, 0.15) is 32.5 Å². The number of hydrogen-bond donors (Lipinski definition) is 2. The highest BCUT2D eigenvalue weighted by Crippen LogP contribution is 2.12. The van der Waals surface area contributed by atoms with Gasteiger partial charge in [0.25, 0.3) is 0 Å². The van der Waals surface area contributed by atoms with Crippen molar-refractivity contribution in [3.05, 3.63) is 11.9 Å². The Morgan fingerprint density at radius 2 is 1.79 bits per heavy atom. The first-order chi connectivity index (χ1) is 9.15. The van der Waals surface area contributed by atoms with E-state index in [0.29, 0.717) is 0 Å². The lowest BCUT2D eigenvalue weighted by Crippen LogP contribution is -2.10. The molecule has 108 valence electrons. The van der Waals surface area contributed by atoms with Crippen LogP contribution in [0.25, 0.3) is 0 Å². The molecule has 0 amide bonds. The molecule has 0 aliphatic heterocycles. The fourth-order valence-corrected chi connectivity index (χ4v) is 2.13. The summed E-state index contributed by atoms with van der Waals surface area (Å²) in [6.07, 6.45) is 4.49. The molecule has 0 aliphatic rings. The van der Waals surface area contributed by atoms with Crippen molar-refractivity contribution in [1.29, 1.82) is 0 Å². The van der Waals surface area contributed by atoms with Crippen molar-refractivity contribution in [2.75, 3.05) is 35.7 Å². The van der Waals surface area contributed by atoms with Crippen molar-refractivity contribution in [1.82, 2.24) is 9.97 Å². The molecule has 0 spiro atoms. The van der Waals surface area contributed by atoms with Crippen molar-refractivity contribution in [3.8, 4) is 0 Å². The van der Waals surface area contributed by atoms with Crippen LogP contribution in [0.4, 0.5) is 11.6 Å². The van der Waals surface area contributed by atoms with Crippen molar-refractivity contribution < 1.29 is 4.21 Å². The molecule has 1 unspecified atom stereocenters. The minimum Gasteiger partial charge on any atom is -0.370 e. The second-order valence-electron chi connectivity index (χ2n) is 4.39. The molecule has 0 aromatic carbocycles. The molecule has 1 aromatic rings. The van der Waals surface area contributed by atoms with E-state index in [0.717, 1.165) is 55.6 Å². The highest BCUT2D eigenvalue weighted by atomic mass is 32.2. The molecule has 5 nitrogen and oxygen atoms in total. The van der Waals surface area contributed by atoms with E-state index < -0.39 is 10.8 Å². The number of nitrogens with zero attached hydrogens (tertiary/aromatic N) is 2. The normalized spacial score (nSPS) is 12.2. The largest absolute Gasteiger partial charge is 0.370 e. The van der Waals surface area contributed by atoms with Crippen molar-refractivity contribution >= 4 is 22.4 Å². The summed E-state index contributed by atoms with van der Waals surface area (Å²) < 4.78 is 11.0. The summed E-state index contributed by atoms with van der Waals surface area (Å²) in [5, 5.41) is 6.54. The molecule has 0 radical (unpaired) electrons. The Hall–Kier alpha value is -1.17. The van der Waals surface area contributed by atoms with Crippen molar-refractivity contribution in [3.63, 3.8) is 0 Å². The molecule has 0 aliphatic carbocycles. The minimum absolute atomic E-state index is 0.722. The topological polar surface area (TPSA) is 66.9 Å². The van der Waals surface area contributed by atoms with Crippen LogP contribution in [0.15, 0.2) is 6.07 Å². The lowest BCUT2D eigenvalue weighted by Gasteiger charge is -2.10. The van der Waals surface area contributed by atoms with Crippen molar-refractivity contribution in [2.24, 2.45) is 0 Å². The van der Waals surface area contributed by atoms with Gasteiger partial charge in [-0.1, -0.05) is 13.8 Å². The van der Waals surface area contributed by atoms with Crippen LogP contribution in [0.2, 0.25) is 0 Å². The molecule has 0 bridgehead atoms. The molecule has 6 heteroatoms. The van der Waals surface area contributed by atoms with E-state index in [-0.39, 0.29) is 0 Å². The van der Waals surface area contributed by atoms with Crippen LogP contribution in [-0.2, 0) is 17.2 Å². The Balaban J connectivity index is 2.57. The van der Waals surface area contributed by atoms with Gasteiger partial charge in [0.05, 0.1) is 0 Å². The SMILES string of the molecule is CCCNc1cc(NCCCS(C)=O)nc(CC)n1. The van der Waals surface area contributed by atoms with Gasteiger partial charge >= 0.3 is 0 Å². The number of anilines is 2. The predicted molar refractivity (Wildman–Crippen MR) is 82.2 cm³/mol. The van der Waals surface area contributed by atoms with Gasteiger partial charge in [-0.3, -0.25) is 4.21 Å². The molecule has 2 N–H and O–H groups in total. The zero-order valence-corrected chi connectivity index (χ0v) is 12.8. The van der Waals surface area contributed by atoms with Gasteiger partial charge in [0, 0.05) is 48.4 Å². The van der Waals surface area contributed by atoms with E-state index in [1.807, 2.05) is 13.0 Å². The third-order valence-electron chi connectivity index (χ3n) is 2.56. The molecule has 1 aromatic heterocycles. The van der Waals surface area contributed by atoms with Crippen LogP contribution >= 0.6 is 0 Å². The fourth-order valence-electron chi connectivity index (χ4n) is 1.58. The summed E-state index contributed by atoms with van der Waals surface area (Å²) in [5.41, 5.74) is 0. The van der Waals surface area contributed by atoms with Crippen LogP contribution in [-0.4, -0.2) is 39.3 Å². The first-order valence-electron chi connectivity index (χ1n) is 6.81. The van der Waals surface area contributed by atoms with Crippen LogP contribution < -0.4 is 10.6 Å². The monoisotopic (exact) mass is 284 g/mol. The van der Waals surface area contributed by atoms with Gasteiger partial charge in [-0.15, -0.1) is 0 Å². The summed E-state index contributed by atoms with van der Waals surface area (Å²) in [4.78, 5) is 8.87. The number of rotatable bonds is 9. The zero-order valence-electron chi connectivity index (χ0n) is 12.0. The average Bonchev–Trinajstić information content (AvgIpc) is 2.41. The number of aromatic nitrogens is 2. The van der Waals surface area contributed by atoms with Gasteiger partial charge in [0.2, 0.25) is 0 Å². The van der Waals surface area contributed by atoms with E-state index in [1.165, 1.54) is 0 Å². The van der Waals surface area contributed by atoms with Gasteiger partial charge in [-0.05, 0) is 12.8 Å². The summed E-state index contributed by atoms with van der Waals surface area (Å²) in [7, 11) is -0.723. The predicted octanol–water partition coefficient (Wildman–Crippen LogP) is 2.04. The van der Waals surface area contributed by atoms with Gasteiger partial charge in [0.15, 0.2) is 0 Å². The van der Waals surface area contributed by atoms with Crippen molar-refractivity contribution in [2.45, 2.75) is 33.1 Å². The molecule has 1 rings (SSSR count). The average molecular weight is 284 g/mol. The fraction of sp³-hybridized carbons (Fsp3) is 0.692. The Labute approximate surface area is 118 Å². The summed E-state index contributed by atoms with van der Waals surface area (Å²) in [6.45, 7) is 5.86. The van der Waals surface area contributed by atoms with Gasteiger partial charge in [-0.25, -0.2) is 9.97 Å². The number of aryl methyl sites for hydroxylation is 1. The van der Waals surface area contributed by atoms with Crippen LogP contribution in [0.5, 0.6) is 0 Å². The van der Waals surface area contributed by atoms with E-state index in [2.05, 4.69) is 27.5 Å². The van der Waals surface area contributed by atoms with Gasteiger partial charge in [-0.2, -0.15) is 0 Å². The molecular weight excluding hydrogens is 260 g/mol. The minimum atomic E-state index is -0.723. The first-order valence-corrected chi connectivity index (χ1v) is 8.54. The van der Waals surface area contributed by atoms with Gasteiger partial charge < -0.3 is 10.6 Å². The molecule has 0 saturated heterocycles. The molecular formula is C13H24N4OS. The highest BCUT2D eigenvalue weighted by Gasteiger charge is 2.03. The zero-order chi connectivity index (χ0) is 14.1. The maximum absolute atomic E-state index is 11.0. The molecule has 0 saturated carbocycles. The van der Waals surface area contributed by atoms with E-state index in [1.54, 1.807) is 6.26 Å². The van der Waals surface area contributed by atoms with E-state index in [9.17, 15) is 4.21 Å². The van der Waals surface area contributed by atoms with Gasteiger partial charge in [0.1, 0.15) is 17.5 Å². The molecule has 0 fully saturated rings. The second kappa shape index (κ2) is 8.85. The van der Waals surface area contributed by atoms with E-state index in [4.69, 9.17) is 0 Å². The third kappa shape index (κ3) is 6.52. The lowest BCUT2D eigenvalue weighted by atomic mass is 10.4. The summed E-state index contributed by atoms with van der Waals surface area (Å²) >= 11 is 0. The summed E-state index contributed by atoms with van der Waals surface area (Å²) in [6, 6.07) is 1.93. The quantitative estimate of drug-likeness (QED) is 0.679. The Morgan fingerprint density at radius 3 is 2.32 bits per heavy atom. The Morgan fingerprint density at radius 1 is 1.16 bits per heavy atom. The smallest absolute Gasteiger partial charge is 0.132 e. The molecule has 1 heterocycles. The first kappa shape index (κ1) is 15.9. The maximum atomic E-state index is 11.0. The highest BCUT2D eigenvalue weighted by molar-refractivity contribution is 7.84. The Kier molecular flexibility index (Phi) is 7.40. The maximum Gasteiger partial charge on any atom is 0.132 e. The number of hydrogen-bond acceptors (Lipinski definition) is 5. The number of nitrogens with one attached hydrogen (secondary N) is 2. The standard InChI is InChI=1S/C13H24N4OS/c1-4-7-14-12-10-13(17-11(5-2)16-12)15-8-6-9-19(3)18/h10H,4-9H2,1-3H3,(H2,14,15,16,17).